The summed E-state index contributed by atoms with van der Waals surface area (Å²) in [6.07, 6.45) is 28.8. The summed E-state index contributed by atoms with van der Waals surface area (Å²) in [5.41, 5.74) is 22.6. The third-order valence-corrected chi connectivity index (χ3v) is 8.08. The van der Waals surface area contributed by atoms with E-state index in [1.807, 2.05) is 98.1 Å². The maximum absolute atomic E-state index is 8.04. The molecular formula is C47H50N4. The second kappa shape index (κ2) is 20.2. The van der Waals surface area contributed by atoms with Crippen LogP contribution in [0.5, 0.6) is 0 Å². The van der Waals surface area contributed by atoms with Gasteiger partial charge >= 0.3 is 0 Å². The fourth-order valence-electron chi connectivity index (χ4n) is 5.02. The van der Waals surface area contributed by atoms with Crippen LogP contribution in [0.4, 0.5) is 5.69 Å². The first kappa shape index (κ1) is 39.1. The minimum atomic E-state index is 0.547. The van der Waals surface area contributed by atoms with Crippen molar-refractivity contribution in [3.8, 4) is 0 Å². The standard InChI is InChI=1S/C47H50N4/c1-8-10-12-16-34(3)28-43(31-48)42(33-51-47-21-15-18-39-17-13-14-19-45(39)47)27-23-36(5)35(4)22-25-40-30-41(26-24-37(40)6)44(32-49)29-38(7)46(50)20-11-9-2/h8-15,17-33,49,51H,1,4-5,7,16,48,50H2,2-3,6H3/b11-9-,12-10-,25-22-,27-23-,34-28+,42-33+,43-31+,44-29+,46-20-,49-32?. The summed E-state index contributed by atoms with van der Waals surface area (Å²) < 4.78 is 0. The molecule has 0 heterocycles. The SMILES string of the molecule is C=C/C=C\C/C(C)=C/C(=C\N)C(/C=C\C(=C)C(=C)/C=C\c1cc(/C(C=N)=C/C(=C)/C(N)=C/C=C\C)ccc1C)=C/Nc1cccc2ccccc12. The van der Waals surface area contributed by atoms with Crippen LogP contribution in [-0.4, -0.2) is 6.21 Å². The smallest absolute Gasteiger partial charge is 0.0459 e. The third-order valence-electron chi connectivity index (χ3n) is 8.08. The van der Waals surface area contributed by atoms with Gasteiger partial charge in [-0.2, -0.15) is 0 Å². The van der Waals surface area contributed by atoms with Crippen LogP contribution >= 0.6 is 0 Å². The van der Waals surface area contributed by atoms with Crippen LogP contribution in [0, 0.1) is 12.3 Å². The number of nitrogens with two attached hydrogens (primary N) is 2. The Labute approximate surface area is 304 Å². The molecule has 0 spiro atoms. The van der Waals surface area contributed by atoms with E-state index < -0.39 is 0 Å². The molecule has 0 aromatic heterocycles. The molecule has 0 saturated heterocycles. The molecule has 3 rings (SSSR count). The molecule has 3 aromatic rings. The molecule has 0 aliphatic carbocycles. The lowest BCUT2D eigenvalue weighted by Crippen LogP contribution is -1.99. The van der Waals surface area contributed by atoms with Crippen LogP contribution < -0.4 is 16.8 Å². The number of fused-ring (bicyclic) bond motifs is 1. The van der Waals surface area contributed by atoms with Gasteiger partial charge in [-0.25, -0.2) is 0 Å². The Morgan fingerprint density at radius 3 is 2.35 bits per heavy atom. The molecule has 0 atom stereocenters. The molecule has 4 nitrogen and oxygen atoms in total. The first-order chi connectivity index (χ1) is 24.6. The highest BCUT2D eigenvalue weighted by atomic mass is 14.8. The summed E-state index contributed by atoms with van der Waals surface area (Å²) in [6.45, 7) is 22.5. The van der Waals surface area contributed by atoms with Crippen LogP contribution in [0.2, 0.25) is 0 Å². The normalized spacial score (nSPS) is 13.5. The highest BCUT2D eigenvalue weighted by molar-refractivity contribution is 6.09. The van der Waals surface area contributed by atoms with Crippen molar-refractivity contribution in [1.82, 2.24) is 0 Å². The average molecular weight is 671 g/mol. The van der Waals surface area contributed by atoms with Gasteiger partial charge < -0.3 is 22.2 Å². The second-order valence-corrected chi connectivity index (χ2v) is 12.0. The monoisotopic (exact) mass is 670 g/mol. The van der Waals surface area contributed by atoms with Crippen molar-refractivity contribution < 1.29 is 0 Å². The number of nitrogens with one attached hydrogen (secondary N) is 2. The van der Waals surface area contributed by atoms with E-state index in [1.54, 1.807) is 18.4 Å². The van der Waals surface area contributed by atoms with Gasteiger partial charge in [-0.3, -0.25) is 0 Å². The highest BCUT2D eigenvalue weighted by Gasteiger charge is 2.06. The molecule has 0 aliphatic heterocycles. The first-order valence-corrected chi connectivity index (χ1v) is 16.8. The van der Waals surface area contributed by atoms with E-state index in [1.165, 1.54) is 6.21 Å². The van der Waals surface area contributed by atoms with Crippen molar-refractivity contribution in [3.05, 3.63) is 222 Å². The van der Waals surface area contributed by atoms with Crippen molar-refractivity contribution in [2.45, 2.75) is 27.2 Å². The molecule has 0 amide bonds. The third kappa shape index (κ3) is 11.9. The van der Waals surface area contributed by atoms with Gasteiger partial charge in [-0.1, -0.05) is 141 Å². The van der Waals surface area contributed by atoms with Crippen LogP contribution in [-0.2, 0) is 0 Å². The van der Waals surface area contributed by atoms with Crippen molar-refractivity contribution in [3.63, 3.8) is 0 Å². The van der Waals surface area contributed by atoms with E-state index in [9.17, 15) is 0 Å². The molecular weight excluding hydrogens is 621 g/mol. The summed E-state index contributed by atoms with van der Waals surface area (Å²) in [6, 6.07) is 20.6. The van der Waals surface area contributed by atoms with E-state index in [0.29, 0.717) is 16.8 Å². The predicted octanol–water partition coefficient (Wildman–Crippen LogP) is 11.8. The maximum Gasteiger partial charge on any atom is 0.0459 e. The Kier molecular flexibility index (Phi) is 15.5. The maximum atomic E-state index is 8.04. The number of hydrogen-bond donors (Lipinski definition) is 4. The van der Waals surface area contributed by atoms with Gasteiger partial charge in [0, 0.05) is 35.4 Å². The fourth-order valence-corrected chi connectivity index (χ4v) is 5.02. The highest BCUT2D eigenvalue weighted by Crippen LogP contribution is 2.26. The van der Waals surface area contributed by atoms with Gasteiger partial charge in [0.05, 0.1) is 0 Å². The van der Waals surface area contributed by atoms with Crippen LogP contribution in [0.15, 0.2) is 205 Å². The summed E-state index contributed by atoms with van der Waals surface area (Å²) in [7, 11) is 0. The zero-order chi connectivity index (χ0) is 37.2. The number of rotatable bonds is 17. The Bertz CT molecular complexity index is 2060. The minimum Gasteiger partial charge on any atom is -0.404 e. The van der Waals surface area contributed by atoms with Gasteiger partial charge in [0.25, 0.3) is 0 Å². The molecule has 3 aromatic carbocycles. The molecule has 4 heteroatoms. The predicted molar refractivity (Wildman–Crippen MR) is 226 cm³/mol. The van der Waals surface area contributed by atoms with Crippen molar-refractivity contribution in [2.24, 2.45) is 11.5 Å². The van der Waals surface area contributed by atoms with Gasteiger partial charge in [0.2, 0.25) is 0 Å². The Balaban J connectivity index is 1.90. The lowest BCUT2D eigenvalue weighted by atomic mass is 9.97. The number of aryl methyl sites for hydroxylation is 1. The van der Waals surface area contributed by atoms with Crippen molar-refractivity contribution >= 4 is 34.3 Å². The number of hydrogen-bond acceptors (Lipinski definition) is 4. The Morgan fingerprint density at radius 2 is 1.63 bits per heavy atom. The van der Waals surface area contributed by atoms with E-state index in [4.69, 9.17) is 16.9 Å². The summed E-state index contributed by atoms with van der Waals surface area (Å²) in [4.78, 5) is 0. The summed E-state index contributed by atoms with van der Waals surface area (Å²) >= 11 is 0. The lowest BCUT2D eigenvalue weighted by Gasteiger charge is -2.10. The fraction of sp³-hybridized carbons (Fsp3) is 0.0851. The molecule has 0 fully saturated rings. The quantitative estimate of drug-likeness (QED) is 0.0851. The van der Waals surface area contributed by atoms with Gasteiger partial charge in [-0.05, 0) is 107 Å². The van der Waals surface area contributed by atoms with Crippen LogP contribution in [0.1, 0.15) is 37.0 Å². The molecule has 0 bridgehead atoms. The Morgan fingerprint density at radius 1 is 0.882 bits per heavy atom. The van der Waals surface area contributed by atoms with Crippen molar-refractivity contribution in [1.29, 1.82) is 5.41 Å². The van der Waals surface area contributed by atoms with E-state index in [2.05, 4.69) is 81.9 Å². The van der Waals surface area contributed by atoms with Gasteiger partial charge in [-0.15, -0.1) is 0 Å². The molecule has 0 radical (unpaired) electrons. The topological polar surface area (TPSA) is 87.9 Å². The number of allylic oxidation sites excluding steroid dienone is 17. The lowest BCUT2D eigenvalue weighted by molar-refractivity contribution is 1.20. The molecule has 51 heavy (non-hydrogen) atoms. The second-order valence-electron chi connectivity index (χ2n) is 12.0. The molecule has 0 unspecified atom stereocenters. The largest absolute Gasteiger partial charge is 0.404 e. The van der Waals surface area contributed by atoms with Gasteiger partial charge in [0.15, 0.2) is 0 Å². The first-order valence-electron chi connectivity index (χ1n) is 16.8. The minimum absolute atomic E-state index is 0.547. The molecule has 6 N–H and O–H groups in total. The molecule has 258 valence electrons. The van der Waals surface area contributed by atoms with Crippen LogP contribution in [0.3, 0.4) is 0 Å². The van der Waals surface area contributed by atoms with E-state index >= 15 is 0 Å². The Hall–Kier alpha value is -6.39. The molecule has 0 saturated carbocycles. The summed E-state index contributed by atoms with van der Waals surface area (Å²) in [5.74, 6) is 0. The van der Waals surface area contributed by atoms with Gasteiger partial charge in [0.1, 0.15) is 0 Å². The number of benzene rings is 3. The van der Waals surface area contributed by atoms with E-state index in [0.717, 1.165) is 67.4 Å². The average Bonchev–Trinajstić information content (AvgIpc) is 3.14. The molecule has 0 aliphatic rings. The summed E-state index contributed by atoms with van der Waals surface area (Å²) in [5, 5.41) is 13.8. The van der Waals surface area contributed by atoms with Crippen molar-refractivity contribution in [2.75, 3.05) is 5.32 Å². The van der Waals surface area contributed by atoms with Crippen LogP contribution in [0.25, 0.3) is 22.4 Å². The van der Waals surface area contributed by atoms with E-state index in [-0.39, 0.29) is 0 Å². The number of anilines is 1. The zero-order valence-electron chi connectivity index (χ0n) is 30.1. The zero-order valence-corrected chi connectivity index (χ0v) is 30.1.